The maximum atomic E-state index is 13.5. The lowest BCUT2D eigenvalue weighted by atomic mass is 10.0. The molecule has 172 valence electrons. The summed E-state index contributed by atoms with van der Waals surface area (Å²) in [7, 11) is -2.29. The number of ether oxygens (including phenoxy) is 1. The predicted octanol–water partition coefficient (Wildman–Crippen LogP) is 8.91. The van der Waals surface area contributed by atoms with Gasteiger partial charge in [0.1, 0.15) is 0 Å². The standard InChI is InChI=1S/C25H49FO2Si/c1-4-22-25(27)28-23-20-18-16-14-12-10-8-6-5-7-9-11-13-15-17-19-21-24-29(2,3)26/h4,22H,5-21,23-24H2,1-3H3. The van der Waals surface area contributed by atoms with Gasteiger partial charge in [0.05, 0.1) is 6.61 Å². The van der Waals surface area contributed by atoms with Crippen LogP contribution in [0.3, 0.4) is 0 Å². The highest BCUT2D eigenvalue weighted by Gasteiger charge is 2.18. The molecule has 0 spiro atoms. The molecule has 4 heteroatoms. The minimum absolute atomic E-state index is 0.219. The molecule has 0 aromatic carbocycles. The van der Waals surface area contributed by atoms with E-state index in [4.69, 9.17) is 4.74 Å². The van der Waals surface area contributed by atoms with E-state index in [0.717, 1.165) is 18.9 Å². The monoisotopic (exact) mass is 428 g/mol. The van der Waals surface area contributed by atoms with E-state index in [9.17, 15) is 8.90 Å². The molecule has 0 aliphatic rings. The summed E-state index contributed by atoms with van der Waals surface area (Å²) in [4.78, 5) is 11.1. The van der Waals surface area contributed by atoms with Crippen LogP contribution in [0.15, 0.2) is 12.2 Å². The van der Waals surface area contributed by atoms with Gasteiger partial charge in [-0.1, -0.05) is 109 Å². The number of allylic oxidation sites excluding steroid dienone is 1. The van der Waals surface area contributed by atoms with E-state index < -0.39 is 8.41 Å². The summed E-state index contributed by atoms with van der Waals surface area (Å²) in [6, 6.07) is 0.848. The zero-order chi connectivity index (χ0) is 21.6. The number of carbonyl (C=O) groups excluding carboxylic acids is 1. The minimum Gasteiger partial charge on any atom is -0.463 e. The number of hydrogen-bond donors (Lipinski definition) is 0. The second-order valence-corrected chi connectivity index (χ2v) is 13.1. The van der Waals surface area contributed by atoms with Crippen molar-refractivity contribution in [3.8, 4) is 0 Å². The van der Waals surface area contributed by atoms with Gasteiger partial charge in [0.2, 0.25) is 8.41 Å². The second kappa shape index (κ2) is 20.6. The fourth-order valence-electron chi connectivity index (χ4n) is 3.66. The van der Waals surface area contributed by atoms with Crippen molar-refractivity contribution in [2.75, 3.05) is 6.61 Å². The summed E-state index contributed by atoms with van der Waals surface area (Å²) in [5, 5.41) is 0. The fraction of sp³-hybridized carbons (Fsp3) is 0.880. The van der Waals surface area contributed by atoms with Crippen LogP contribution in [0.5, 0.6) is 0 Å². The van der Waals surface area contributed by atoms with Crippen LogP contribution in [-0.2, 0) is 9.53 Å². The molecule has 0 rings (SSSR count). The normalized spacial score (nSPS) is 12.0. The molecule has 0 N–H and O–H groups in total. The topological polar surface area (TPSA) is 26.3 Å². The fourth-order valence-corrected chi connectivity index (χ4v) is 4.75. The van der Waals surface area contributed by atoms with Crippen molar-refractivity contribution in [2.45, 2.75) is 135 Å². The molecule has 0 amide bonds. The van der Waals surface area contributed by atoms with E-state index in [1.807, 2.05) is 20.0 Å². The molecule has 0 radical (unpaired) electrons. The summed E-state index contributed by atoms with van der Waals surface area (Å²) in [6.45, 7) is 6.03. The summed E-state index contributed by atoms with van der Waals surface area (Å²) >= 11 is 0. The number of halogens is 1. The molecule has 0 saturated carbocycles. The molecule has 0 saturated heterocycles. The van der Waals surface area contributed by atoms with Crippen LogP contribution in [0.25, 0.3) is 0 Å². The van der Waals surface area contributed by atoms with Gasteiger partial charge in [0.25, 0.3) is 0 Å². The van der Waals surface area contributed by atoms with Gasteiger partial charge in [-0.3, -0.25) is 0 Å². The van der Waals surface area contributed by atoms with Crippen LogP contribution < -0.4 is 0 Å². The van der Waals surface area contributed by atoms with Crippen LogP contribution in [0, 0.1) is 0 Å². The maximum Gasteiger partial charge on any atom is 0.330 e. The van der Waals surface area contributed by atoms with Gasteiger partial charge < -0.3 is 8.84 Å². The number of rotatable bonds is 21. The molecule has 0 aromatic heterocycles. The highest BCUT2D eigenvalue weighted by molar-refractivity contribution is 6.70. The van der Waals surface area contributed by atoms with Gasteiger partial charge in [-0.25, -0.2) is 4.79 Å². The van der Waals surface area contributed by atoms with Gasteiger partial charge in [-0.15, -0.1) is 0 Å². The van der Waals surface area contributed by atoms with E-state index in [-0.39, 0.29) is 5.97 Å². The van der Waals surface area contributed by atoms with Crippen molar-refractivity contribution < 1.29 is 13.6 Å². The van der Waals surface area contributed by atoms with Crippen LogP contribution in [0.1, 0.15) is 116 Å². The summed E-state index contributed by atoms with van der Waals surface area (Å²) in [5.41, 5.74) is 0. The molecular weight excluding hydrogens is 379 g/mol. The highest BCUT2D eigenvalue weighted by atomic mass is 28.4. The molecule has 0 aromatic rings. The van der Waals surface area contributed by atoms with Gasteiger partial charge in [-0.2, -0.15) is 0 Å². The third-order valence-electron chi connectivity index (χ3n) is 5.46. The first-order chi connectivity index (χ1) is 14.0. The second-order valence-electron chi connectivity index (χ2n) is 9.15. The largest absolute Gasteiger partial charge is 0.463 e. The third kappa shape index (κ3) is 25.3. The number of unbranched alkanes of at least 4 members (excludes halogenated alkanes) is 16. The van der Waals surface area contributed by atoms with Gasteiger partial charge >= 0.3 is 5.97 Å². The lowest BCUT2D eigenvalue weighted by molar-refractivity contribution is -0.137. The average Bonchev–Trinajstić information content (AvgIpc) is 2.65. The molecule has 0 fully saturated rings. The van der Waals surface area contributed by atoms with Crippen LogP contribution in [0.2, 0.25) is 19.1 Å². The molecule has 0 aliphatic carbocycles. The Morgan fingerprint density at radius 3 is 1.38 bits per heavy atom. The lowest BCUT2D eigenvalue weighted by Gasteiger charge is -2.09. The number of carbonyl (C=O) groups is 1. The Labute approximate surface area is 182 Å². The van der Waals surface area contributed by atoms with Gasteiger partial charge in [0.15, 0.2) is 0 Å². The Hall–Kier alpha value is -0.643. The van der Waals surface area contributed by atoms with Crippen molar-refractivity contribution in [3.63, 3.8) is 0 Å². The quantitative estimate of drug-likeness (QED) is 0.0599. The van der Waals surface area contributed by atoms with Crippen molar-refractivity contribution in [3.05, 3.63) is 12.2 Å². The van der Waals surface area contributed by atoms with Crippen LogP contribution in [-0.4, -0.2) is 21.0 Å². The Kier molecular flexibility index (Phi) is 20.2. The van der Waals surface area contributed by atoms with Crippen LogP contribution >= 0.6 is 0 Å². The third-order valence-corrected chi connectivity index (χ3v) is 7.01. The molecule has 29 heavy (non-hydrogen) atoms. The maximum absolute atomic E-state index is 13.5. The van der Waals surface area contributed by atoms with E-state index >= 15 is 0 Å². The van der Waals surface area contributed by atoms with Gasteiger partial charge in [-0.05, 0) is 32.5 Å². The Morgan fingerprint density at radius 1 is 0.690 bits per heavy atom. The smallest absolute Gasteiger partial charge is 0.330 e. The molecule has 0 heterocycles. The van der Waals surface area contributed by atoms with Crippen molar-refractivity contribution in [1.29, 1.82) is 0 Å². The molecule has 0 bridgehead atoms. The average molecular weight is 429 g/mol. The van der Waals surface area contributed by atoms with E-state index in [0.29, 0.717) is 6.61 Å². The first-order valence-electron chi connectivity index (χ1n) is 12.4. The summed E-state index contributed by atoms with van der Waals surface area (Å²) < 4.78 is 18.6. The zero-order valence-electron chi connectivity index (χ0n) is 19.8. The first-order valence-corrected chi connectivity index (χ1v) is 15.5. The van der Waals surface area contributed by atoms with E-state index in [1.165, 1.54) is 102 Å². The van der Waals surface area contributed by atoms with Crippen molar-refractivity contribution in [1.82, 2.24) is 0 Å². The molecule has 0 atom stereocenters. The SMILES string of the molecule is CC=CC(=O)OCCCCCCCCCCCCCCCCCCC[Si](C)(C)F. The predicted molar refractivity (Wildman–Crippen MR) is 128 cm³/mol. The van der Waals surface area contributed by atoms with Gasteiger partial charge in [0, 0.05) is 6.08 Å². The highest BCUT2D eigenvalue weighted by Crippen LogP contribution is 2.17. The Balaban J connectivity index is 3.09. The zero-order valence-corrected chi connectivity index (χ0v) is 20.8. The molecular formula is C25H49FO2Si. The molecule has 0 unspecified atom stereocenters. The number of hydrogen-bond acceptors (Lipinski definition) is 2. The van der Waals surface area contributed by atoms with Crippen molar-refractivity contribution >= 4 is 14.4 Å². The van der Waals surface area contributed by atoms with Crippen LogP contribution in [0.4, 0.5) is 4.11 Å². The van der Waals surface area contributed by atoms with E-state index in [1.54, 1.807) is 6.08 Å². The summed E-state index contributed by atoms with van der Waals surface area (Å²) in [6.07, 6.45) is 25.3. The van der Waals surface area contributed by atoms with E-state index in [2.05, 4.69) is 0 Å². The lowest BCUT2D eigenvalue weighted by Crippen LogP contribution is -2.16. The first kappa shape index (κ1) is 28.4. The Morgan fingerprint density at radius 2 is 1.03 bits per heavy atom. The summed E-state index contributed by atoms with van der Waals surface area (Å²) in [5.74, 6) is -0.219. The van der Waals surface area contributed by atoms with Crippen molar-refractivity contribution in [2.24, 2.45) is 0 Å². The minimum atomic E-state index is -2.29. The molecule has 2 nitrogen and oxygen atoms in total. The molecule has 0 aliphatic heterocycles. The Bertz CT molecular complexity index is 391. The number of esters is 1.